The van der Waals surface area contributed by atoms with Crippen LogP contribution in [0, 0.1) is 6.92 Å². The number of primary amides is 1. The normalized spacial score (nSPS) is 13.9. The van der Waals surface area contributed by atoms with Crippen molar-refractivity contribution in [3.8, 4) is 11.1 Å². The number of fused-ring (bicyclic) bond motifs is 1. The van der Waals surface area contributed by atoms with Crippen molar-refractivity contribution in [3.63, 3.8) is 0 Å². The van der Waals surface area contributed by atoms with E-state index in [-0.39, 0.29) is 24.3 Å². The molecule has 1 aromatic heterocycles. The number of amides is 2. The molecule has 0 saturated heterocycles. The van der Waals surface area contributed by atoms with Crippen LogP contribution in [0.15, 0.2) is 66.7 Å². The van der Waals surface area contributed by atoms with Crippen molar-refractivity contribution >= 4 is 45.9 Å². The molecule has 218 valence electrons. The van der Waals surface area contributed by atoms with Crippen LogP contribution < -0.4 is 10.6 Å². The Labute approximate surface area is 247 Å². The van der Waals surface area contributed by atoms with Gasteiger partial charge in [-0.3, -0.25) is 9.59 Å². The van der Waals surface area contributed by atoms with Gasteiger partial charge in [0.25, 0.3) is 18.2 Å². The van der Waals surface area contributed by atoms with Crippen LogP contribution >= 0.6 is 11.9 Å². The van der Waals surface area contributed by atoms with Gasteiger partial charge in [-0.25, -0.2) is 13.1 Å². The largest absolute Gasteiger partial charge is 0.395 e. The Hall–Kier alpha value is -3.99. The van der Waals surface area contributed by atoms with E-state index in [1.165, 1.54) is 34.7 Å². The number of aliphatic hydroxyl groups is 1. The molecule has 0 atom stereocenters. The minimum Gasteiger partial charge on any atom is -0.395 e. The quantitative estimate of drug-likeness (QED) is 0.202. The third-order valence-corrected chi connectivity index (χ3v) is 8.55. The first-order valence-electron chi connectivity index (χ1n) is 13.6. The number of aliphatic hydroxyl groups excluding tert-OH is 1. The Morgan fingerprint density at radius 2 is 1.88 bits per heavy atom. The number of H-pyrrole nitrogens is 1. The lowest BCUT2D eigenvalue weighted by molar-refractivity contribution is 0.0978. The average Bonchev–Trinajstić information content (AvgIpc) is 3.45. The second-order valence-electron chi connectivity index (χ2n) is 10.1. The number of carbonyl (C=O) groups excluding carboxylic acids is 2. The Bertz CT molecular complexity index is 1670. The van der Waals surface area contributed by atoms with Gasteiger partial charge in [-0.05, 0) is 72.2 Å². The summed E-state index contributed by atoms with van der Waals surface area (Å²) in [5, 5.41) is 10.7. The molecule has 1 aliphatic heterocycles. The molecule has 10 heteroatoms. The number of halogens is 2. The van der Waals surface area contributed by atoms with Gasteiger partial charge in [0.05, 0.1) is 17.7 Å². The number of alkyl halides is 2. The molecule has 1 aliphatic rings. The average molecular weight is 591 g/mol. The molecule has 4 aromatic rings. The summed E-state index contributed by atoms with van der Waals surface area (Å²) < 4.78 is 28.4. The van der Waals surface area contributed by atoms with Crippen molar-refractivity contribution in [2.24, 2.45) is 5.73 Å². The standard InChI is InChI=1S/C32H32F2N4O3S/c1-19-23(4-3-5-28(19)38(16-17-39)32(41)22-8-6-21(7-9-22)30(33)34)24-10-11-25(31(35)40)29-26(24)18-27(36-29)20-12-14-37(42-2)15-13-20/h3-12,18,30,36,39H,13-17H2,1-2H3,(H2,35,40). The minimum atomic E-state index is -2.63. The van der Waals surface area contributed by atoms with Gasteiger partial charge in [0, 0.05) is 47.5 Å². The topological polar surface area (TPSA) is 103 Å². The molecule has 5 rings (SSSR count). The maximum absolute atomic E-state index is 13.5. The lowest BCUT2D eigenvalue weighted by Gasteiger charge is -2.25. The molecule has 2 heterocycles. The highest BCUT2D eigenvalue weighted by atomic mass is 32.2. The highest BCUT2D eigenvalue weighted by Crippen LogP contribution is 2.38. The van der Waals surface area contributed by atoms with E-state index in [9.17, 15) is 23.5 Å². The number of aromatic nitrogens is 1. The highest BCUT2D eigenvalue weighted by Gasteiger charge is 2.23. The number of benzene rings is 3. The van der Waals surface area contributed by atoms with Gasteiger partial charge in [0.2, 0.25) is 0 Å². The van der Waals surface area contributed by atoms with Gasteiger partial charge < -0.3 is 20.7 Å². The lowest BCUT2D eigenvalue weighted by Crippen LogP contribution is -2.34. The fraction of sp³-hybridized carbons (Fsp3) is 0.250. The fourth-order valence-electron chi connectivity index (χ4n) is 5.46. The molecule has 7 nitrogen and oxygen atoms in total. The van der Waals surface area contributed by atoms with E-state index >= 15 is 0 Å². The van der Waals surface area contributed by atoms with E-state index in [0.717, 1.165) is 47.3 Å². The monoisotopic (exact) mass is 590 g/mol. The number of carbonyl (C=O) groups is 2. The summed E-state index contributed by atoms with van der Waals surface area (Å²) in [7, 11) is 0. The summed E-state index contributed by atoms with van der Waals surface area (Å²) >= 11 is 1.71. The molecule has 4 N–H and O–H groups in total. The Morgan fingerprint density at radius 1 is 1.12 bits per heavy atom. The second-order valence-corrected chi connectivity index (χ2v) is 11.0. The molecule has 0 bridgehead atoms. The number of aromatic amines is 1. The van der Waals surface area contributed by atoms with Crippen LogP contribution in [-0.4, -0.2) is 58.7 Å². The molecule has 0 aliphatic carbocycles. The van der Waals surface area contributed by atoms with Gasteiger partial charge in [0.1, 0.15) is 0 Å². The summed E-state index contributed by atoms with van der Waals surface area (Å²) in [6.07, 6.45) is 2.47. The zero-order valence-electron chi connectivity index (χ0n) is 23.4. The van der Waals surface area contributed by atoms with Crippen molar-refractivity contribution in [3.05, 3.63) is 94.7 Å². The zero-order chi connectivity index (χ0) is 30.0. The molecule has 3 aromatic carbocycles. The molecule has 0 saturated carbocycles. The van der Waals surface area contributed by atoms with Crippen LogP contribution in [0.25, 0.3) is 27.6 Å². The molecule has 42 heavy (non-hydrogen) atoms. The Kier molecular flexibility index (Phi) is 8.77. The first kappa shape index (κ1) is 29.5. The third-order valence-electron chi connectivity index (χ3n) is 7.70. The summed E-state index contributed by atoms with van der Waals surface area (Å²) in [5.41, 5.74) is 12.0. The van der Waals surface area contributed by atoms with Crippen molar-refractivity contribution in [2.75, 3.05) is 37.4 Å². The lowest BCUT2D eigenvalue weighted by atomic mass is 9.94. The van der Waals surface area contributed by atoms with Crippen molar-refractivity contribution in [1.29, 1.82) is 0 Å². The molecule has 0 spiro atoms. The maximum atomic E-state index is 13.5. The molecule has 0 radical (unpaired) electrons. The number of hydrogen-bond donors (Lipinski definition) is 3. The van der Waals surface area contributed by atoms with Gasteiger partial charge in [-0.2, -0.15) is 0 Å². The highest BCUT2D eigenvalue weighted by molar-refractivity contribution is 7.96. The van der Waals surface area contributed by atoms with E-state index in [1.54, 1.807) is 24.1 Å². The Morgan fingerprint density at radius 3 is 2.50 bits per heavy atom. The number of hydrogen-bond acceptors (Lipinski definition) is 5. The smallest absolute Gasteiger partial charge is 0.263 e. The zero-order valence-corrected chi connectivity index (χ0v) is 24.2. The summed E-state index contributed by atoms with van der Waals surface area (Å²) in [4.78, 5) is 30.8. The predicted molar refractivity (Wildman–Crippen MR) is 165 cm³/mol. The Balaban J connectivity index is 1.59. The third kappa shape index (κ3) is 5.70. The summed E-state index contributed by atoms with van der Waals surface area (Å²) in [6.45, 7) is 3.36. The molecule has 0 unspecified atom stereocenters. The van der Waals surface area contributed by atoms with Crippen LogP contribution in [0.5, 0.6) is 0 Å². The summed E-state index contributed by atoms with van der Waals surface area (Å²) in [6, 6.07) is 16.4. The van der Waals surface area contributed by atoms with E-state index < -0.39 is 18.2 Å². The van der Waals surface area contributed by atoms with E-state index in [0.29, 0.717) is 16.8 Å². The SMILES string of the molecule is CSN1CC=C(c2cc3c(-c4cccc(N(CCO)C(=O)c5ccc(C(F)F)cc5)c4C)ccc(C(N)=O)c3[nH]2)CC1. The van der Waals surface area contributed by atoms with E-state index in [2.05, 4.69) is 21.6 Å². The van der Waals surface area contributed by atoms with E-state index in [1.807, 2.05) is 31.2 Å². The van der Waals surface area contributed by atoms with Crippen molar-refractivity contribution < 1.29 is 23.5 Å². The first-order valence-corrected chi connectivity index (χ1v) is 14.8. The first-order chi connectivity index (χ1) is 20.2. The maximum Gasteiger partial charge on any atom is 0.263 e. The van der Waals surface area contributed by atoms with Crippen LogP contribution in [0.3, 0.4) is 0 Å². The van der Waals surface area contributed by atoms with Crippen LogP contribution in [0.4, 0.5) is 14.5 Å². The number of nitrogens with zero attached hydrogens (tertiary/aromatic N) is 2. The minimum absolute atomic E-state index is 0.0191. The number of rotatable bonds is 9. The molecule has 0 fully saturated rings. The molecule has 2 amide bonds. The van der Waals surface area contributed by atoms with Crippen LogP contribution in [-0.2, 0) is 0 Å². The van der Waals surface area contributed by atoms with Crippen molar-refractivity contribution in [2.45, 2.75) is 19.8 Å². The summed E-state index contributed by atoms with van der Waals surface area (Å²) in [5.74, 6) is -0.944. The van der Waals surface area contributed by atoms with Gasteiger partial charge in [-0.15, -0.1) is 0 Å². The molecular formula is C32H32F2N4O3S. The fourth-order valence-corrected chi connectivity index (χ4v) is 5.96. The van der Waals surface area contributed by atoms with Crippen molar-refractivity contribution in [1.82, 2.24) is 9.29 Å². The van der Waals surface area contributed by atoms with Gasteiger partial charge in [-0.1, -0.05) is 48.4 Å². The van der Waals surface area contributed by atoms with Gasteiger partial charge >= 0.3 is 0 Å². The van der Waals surface area contributed by atoms with Crippen LogP contribution in [0.1, 0.15) is 50.4 Å². The molecular weight excluding hydrogens is 558 g/mol. The number of anilines is 1. The van der Waals surface area contributed by atoms with Crippen LogP contribution in [0.2, 0.25) is 0 Å². The number of nitrogens with one attached hydrogen (secondary N) is 1. The predicted octanol–water partition coefficient (Wildman–Crippen LogP) is 6.19. The second kappa shape index (κ2) is 12.5. The van der Waals surface area contributed by atoms with Gasteiger partial charge in [0.15, 0.2) is 0 Å². The number of nitrogens with two attached hydrogens (primary N) is 1. The van der Waals surface area contributed by atoms with E-state index in [4.69, 9.17) is 5.73 Å².